The minimum absolute atomic E-state index is 0.198. The fourth-order valence-electron chi connectivity index (χ4n) is 4.88. The Kier molecular flexibility index (Phi) is 7.62. The van der Waals surface area contributed by atoms with Gasteiger partial charge in [0, 0.05) is 22.1 Å². The zero-order valence-electron chi connectivity index (χ0n) is 21.6. The van der Waals surface area contributed by atoms with E-state index in [4.69, 9.17) is 39.5 Å². The van der Waals surface area contributed by atoms with Crippen LogP contribution in [0.2, 0.25) is 15.1 Å². The van der Waals surface area contributed by atoms with Crippen LogP contribution in [0.25, 0.3) is 11.8 Å². The van der Waals surface area contributed by atoms with Crippen LogP contribution in [-0.2, 0) is 9.53 Å². The number of hydrogen-bond donors (Lipinski definition) is 0. The van der Waals surface area contributed by atoms with Crippen molar-refractivity contribution < 1.29 is 9.53 Å². The molecule has 0 fully saturated rings. The van der Waals surface area contributed by atoms with Crippen molar-refractivity contribution in [1.82, 2.24) is 9.13 Å². The van der Waals surface area contributed by atoms with E-state index >= 15 is 0 Å². The van der Waals surface area contributed by atoms with Gasteiger partial charge in [0.05, 0.1) is 32.5 Å². The summed E-state index contributed by atoms with van der Waals surface area (Å²) >= 11 is 20.2. The van der Waals surface area contributed by atoms with E-state index in [-0.39, 0.29) is 12.2 Å². The van der Waals surface area contributed by atoms with Gasteiger partial charge in [0.1, 0.15) is 6.04 Å². The number of esters is 1. The predicted octanol–water partition coefficient (Wildman–Crippen LogP) is 6.17. The van der Waals surface area contributed by atoms with Crippen LogP contribution in [0.5, 0.6) is 0 Å². The molecule has 1 atom stereocenters. The highest BCUT2D eigenvalue weighted by Crippen LogP contribution is 2.34. The van der Waals surface area contributed by atoms with Crippen LogP contribution in [0.4, 0.5) is 0 Å². The van der Waals surface area contributed by atoms with Crippen LogP contribution in [0, 0.1) is 13.8 Å². The summed E-state index contributed by atoms with van der Waals surface area (Å²) in [6, 6.07) is 13.9. The number of hydrogen-bond acceptors (Lipinski definition) is 5. The zero-order chi connectivity index (χ0) is 28.0. The van der Waals surface area contributed by atoms with Gasteiger partial charge in [0.15, 0.2) is 4.80 Å². The third-order valence-electron chi connectivity index (χ3n) is 6.64. The average molecular weight is 601 g/mol. The number of aryl methyl sites for hydroxylation is 1. The normalized spacial score (nSPS) is 15.4. The number of ether oxygens (including phenoxy) is 1. The van der Waals surface area contributed by atoms with E-state index in [9.17, 15) is 9.59 Å². The van der Waals surface area contributed by atoms with Gasteiger partial charge in [-0.25, -0.2) is 9.79 Å². The maximum Gasteiger partial charge on any atom is 0.338 e. The lowest BCUT2D eigenvalue weighted by Crippen LogP contribution is -2.40. The Bertz CT molecular complexity index is 1850. The van der Waals surface area contributed by atoms with Gasteiger partial charge < -0.3 is 9.30 Å². The monoisotopic (exact) mass is 599 g/mol. The standard InChI is InChI=1S/C29H24Cl3N3O3S/c1-5-38-28(37)25-16(3)33-29-35(26(25)20-8-6-7-9-21(20)30)27(36)24(39-29)13-18-12-15(2)34(17(18)4)19-10-11-22(31)23(32)14-19/h6-14,26H,5H2,1-4H3/b24-13-/t26-/m0/s1. The summed E-state index contributed by atoms with van der Waals surface area (Å²) in [4.78, 5) is 32.1. The second-order valence-electron chi connectivity index (χ2n) is 9.08. The second kappa shape index (κ2) is 10.8. The second-order valence-corrected chi connectivity index (χ2v) is 11.3. The highest BCUT2D eigenvalue weighted by Gasteiger charge is 2.34. The first-order valence-electron chi connectivity index (χ1n) is 12.2. The van der Waals surface area contributed by atoms with E-state index in [2.05, 4.69) is 9.56 Å². The number of allylic oxidation sites excluding steroid dienone is 1. The first-order valence-corrected chi connectivity index (χ1v) is 14.2. The molecule has 0 spiro atoms. The van der Waals surface area contributed by atoms with Gasteiger partial charge in [-0.15, -0.1) is 0 Å². The van der Waals surface area contributed by atoms with Crippen molar-refractivity contribution in [2.75, 3.05) is 6.61 Å². The van der Waals surface area contributed by atoms with Crippen molar-refractivity contribution in [2.45, 2.75) is 33.7 Å². The molecule has 2 aromatic carbocycles. The molecule has 0 aliphatic carbocycles. The molecule has 39 heavy (non-hydrogen) atoms. The maximum absolute atomic E-state index is 13.9. The van der Waals surface area contributed by atoms with E-state index < -0.39 is 12.0 Å². The Hall–Kier alpha value is -3.10. The molecule has 0 saturated heterocycles. The molecule has 0 amide bonds. The van der Waals surface area contributed by atoms with Crippen LogP contribution in [0.3, 0.4) is 0 Å². The van der Waals surface area contributed by atoms with Gasteiger partial charge in [-0.3, -0.25) is 9.36 Å². The van der Waals surface area contributed by atoms with Gasteiger partial charge in [-0.1, -0.05) is 64.3 Å². The van der Waals surface area contributed by atoms with Crippen LogP contribution in [0.15, 0.2) is 69.6 Å². The van der Waals surface area contributed by atoms with E-state index in [1.54, 1.807) is 32.0 Å². The lowest BCUT2D eigenvalue weighted by atomic mass is 9.96. The molecule has 200 valence electrons. The van der Waals surface area contributed by atoms with Crippen LogP contribution in [0.1, 0.15) is 42.4 Å². The summed E-state index contributed by atoms with van der Waals surface area (Å²) in [5.41, 5.74) is 4.79. The minimum Gasteiger partial charge on any atom is -0.463 e. The molecule has 0 bridgehead atoms. The number of carbonyl (C=O) groups excluding carboxylic acids is 1. The van der Waals surface area contributed by atoms with Gasteiger partial charge in [0.2, 0.25) is 0 Å². The minimum atomic E-state index is -0.764. The summed E-state index contributed by atoms with van der Waals surface area (Å²) in [6.07, 6.45) is 1.85. The van der Waals surface area contributed by atoms with E-state index in [0.29, 0.717) is 41.2 Å². The van der Waals surface area contributed by atoms with Crippen LogP contribution < -0.4 is 14.9 Å². The molecule has 0 radical (unpaired) electrons. The number of rotatable bonds is 5. The van der Waals surface area contributed by atoms with Gasteiger partial charge >= 0.3 is 5.97 Å². The molecule has 0 saturated carbocycles. The lowest BCUT2D eigenvalue weighted by Gasteiger charge is -2.25. The van der Waals surface area contributed by atoms with E-state index in [0.717, 1.165) is 22.6 Å². The highest BCUT2D eigenvalue weighted by molar-refractivity contribution is 7.07. The quantitative estimate of drug-likeness (QED) is 0.258. The molecule has 2 aromatic heterocycles. The molecule has 6 nitrogen and oxygen atoms in total. The third-order valence-corrected chi connectivity index (χ3v) is 8.70. The largest absolute Gasteiger partial charge is 0.463 e. The van der Waals surface area contributed by atoms with Gasteiger partial charge in [0.25, 0.3) is 5.56 Å². The molecule has 4 aromatic rings. The topological polar surface area (TPSA) is 65.6 Å². The van der Waals surface area contributed by atoms with Gasteiger partial charge in [-0.2, -0.15) is 0 Å². The summed E-state index contributed by atoms with van der Waals surface area (Å²) in [7, 11) is 0. The molecule has 10 heteroatoms. The number of nitrogens with zero attached hydrogens (tertiary/aromatic N) is 3. The van der Waals surface area contributed by atoms with Crippen LogP contribution in [-0.4, -0.2) is 21.7 Å². The molecule has 1 aliphatic heterocycles. The van der Waals surface area contributed by atoms with Crippen molar-refractivity contribution >= 4 is 58.2 Å². The smallest absolute Gasteiger partial charge is 0.338 e. The number of thiazole rings is 1. The number of benzene rings is 2. The molecule has 3 heterocycles. The molecule has 0 N–H and O–H groups in total. The number of fused-ring (bicyclic) bond motifs is 1. The van der Waals surface area contributed by atoms with E-state index in [1.165, 1.54) is 15.9 Å². The predicted molar refractivity (Wildman–Crippen MR) is 157 cm³/mol. The molecular weight excluding hydrogens is 577 g/mol. The molecule has 0 unspecified atom stereocenters. The Balaban J connectivity index is 1.70. The maximum atomic E-state index is 13.9. The fraction of sp³-hybridized carbons (Fsp3) is 0.207. The fourth-order valence-corrected chi connectivity index (χ4v) is 6.45. The van der Waals surface area contributed by atoms with Crippen molar-refractivity contribution in [3.8, 4) is 5.69 Å². The third kappa shape index (κ3) is 4.89. The Morgan fingerprint density at radius 1 is 1.05 bits per heavy atom. The summed E-state index contributed by atoms with van der Waals surface area (Å²) in [6.45, 7) is 7.65. The van der Waals surface area contributed by atoms with E-state index in [1.807, 2.05) is 50.3 Å². The van der Waals surface area contributed by atoms with Crippen molar-refractivity contribution in [3.63, 3.8) is 0 Å². The Morgan fingerprint density at radius 2 is 1.79 bits per heavy atom. The number of halogens is 3. The summed E-state index contributed by atoms with van der Waals surface area (Å²) in [5, 5.41) is 1.39. The van der Waals surface area contributed by atoms with Crippen molar-refractivity contribution in [3.05, 3.63) is 117 Å². The first-order chi connectivity index (χ1) is 18.6. The summed E-state index contributed by atoms with van der Waals surface area (Å²) < 4.78 is 9.43. The Labute approximate surface area is 244 Å². The SMILES string of the molecule is CCOC(=O)C1=C(C)N=c2s/c(=C\c3cc(C)n(-c4ccc(Cl)c(Cl)c4)c3C)c(=O)n2[C@H]1c1ccccc1Cl. The van der Waals surface area contributed by atoms with Crippen molar-refractivity contribution in [1.29, 1.82) is 0 Å². The molecule has 1 aliphatic rings. The van der Waals surface area contributed by atoms with Crippen molar-refractivity contribution in [2.24, 2.45) is 4.99 Å². The number of carbonyl (C=O) groups is 1. The Morgan fingerprint density at radius 3 is 2.49 bits per heavy atom. The lowest BCUT2D eigenvalue weighted by molar-refractivity contribution is -0.139. The summed E-state index contributed by atoms with van der Waals surface area (Å²) in [5.74, 6) is -0.525. The average Bonchev–Trinajstić information content (AvgIpc) is 3.34. The first kappa shape index (κ1) is 27.5. The zero-order valence-corrected chi connectivity index (χ0v) is 24.7. The van der Waals surface area contributed by atoms with Gasteiger partial charge in [-0.05, 0) is 75.2 Å². The molecule has 5 rings (SSSR count). The van der Waals surface area contributed by atoms with Crippen LogP contribution >= 0.6 is 46.1 Å². The molecular formula is C29H24Cl3N3O3S. The highest BCUT2D eigenvalue weighted by atomic mass is 35.5. The number of aromatic nitrogens is 2.